The Morgan fingerprint density at radius 1 is 0.778 bits per heavy atom. The zero-order valence-electron chi connectivity index (χ0n) is 9.80. The molecule has 2 aromatic carbocycles. The number of halogens is 1. The van der Waals surface area contributed by atoms with Gasteiger partial charge >= 0.3 is 0 Å². The Labute approximate surface area is 105 Å². The van der Waals surface area contributed by atoms with Crippen molar-refractivity contribution in [3.05, 3.63) is 59.9 Å². The summed E-state index contributed by atoms with van der Waals surface area (Å²) in [5.74, 6) is -0.219. The number of rotatable bonds is 2. The number of hydrogen-bond acceptors (Lipinski definition) is 2. The Hall–Kier alpha value is -1.71. The third-order valence-electron chi connectivity index (χ3n) is 2.98. The van der Waals surface area contributed by atoms with Gasteiger partial charge in [0.05, 0.1) is 13.2 Å². The van der Waals surface area contributed by atoms with Crippen LogP contribution in [-0.4, -0.2) is 13.2 Å². The van der Waals surface area contributed by atoms with Gasteiger partial charge in [0.25, 0.3) is 0 Å². The standard InChI is InChI=1S/C15H13FO2/c16-14-7-5-12(6-8-14)11-1-3-13(4-2-11)15-17-9-10-18-15/h1-8,15H,9-10H2. The molecule has 2 nitrogen and oxygen atoms in total. The zero-order chi connectivity index (χ0) is 12.4. The van der Waals surface area contributed by atoms with Crippen LogP contribution in [0.25, 0.3) is 11.1 Å². The third kappa shape index (κ3) is 2.28. The normalized spacial score (nSPS) is 16.1. The molecule has 0 saturated carbocycles. The van der Waals surface area contributed by atoms with Gasteiger partial charge in [-0.2, -0.15) is 0 Å². The van der Waals surface area contributed by atoms with E-state index in [1.807, 2.05) is 24.3 Å². The van der Waals surface area contributed by atoms with E-state index < -0.39 is 0 Å². The first-order valence-corrected chi connectivity index (χ1v) is 5.92. The summed E-state index contributed by atoms with van der Waals surface area (Å²) >= 11 is 0. The first-order valence-electron chi connectivity index (χ1n) is 5.92. The minimum atomic E-state index is -0.243. The van der Waals surface area contributed by atoms with Gasteiger partial charge in [0.2, 0.25) is 0 Å². The summed E-state index contributed by atoms with van der Waals surface area (Å²) in [4.78, 5) is 0. The predicted octanol–water partition coefficient (Wildman–Crippen LogP) is 3.54. The van der Waals surface area contributed by atoms with E-state index in [4.69, 9.17) is 9.47 Å². The fourth-order valence-corrected chi connectivity index (χ4v) is 2.03. The molecule has 18 heavy (non-hydrogen) atoms. The van der Waals surface area contributed by atoms with Crippen molar-refractivity contribution in [3.8, 4) is 11.1 Å². The summed E-state index contributed by atoms with van der Waals surface area (Å²) in [5.41, 5.74) is 3.06. The molecule has 0 N–H and O–H groups in total. The van der Waals surface area contributed by atoms with Gasteiger partial charge in [0.1, 0.15) is 5.82 Å². The van der Waals surface area contributed by atoms with Crippen molar-refractivity contribution >= 4 is 0 Å². The Morgan fingerprint density at radius 3 is 1.83 bits per heavy atom. The number of hydrogen-bond donors (Lipinski definition) is 0. The highest BCUT2D eigenvalue weighted by atomic mass is 19.1. The second-order valence-electron chi connectivity index (χ2n) is 4.20. The summed E-state index contributed by atoms with van der Waals surface area (Å²) in [6.07, 6.45) is -0.243. The van der Waals surface area contributed by atoms with Crippen LogP contribution >= 0.6 is 0 Å². The van der Waals surface area contributed by atoms with Gasteiger partial charge in [-0.1, -0.05) is 36.4 Å². The molecule has 0 radical (unpaired) electrons. The zero-order valence-corrected chi connectivity index (χ0v) is 9.80. The smallest absolute Gasteiger partial charge is 0.184 e. The number of ether oxygens (including phenoxy) is 2. The lowest BCUT2D eigenvalue weighted by Crippen LogP contribution is -1.97. The lowest BCUT2D eigenvalue weighted by atomic mass is 10.0. The van der Waals surface area contributed by atoms with E-state index in [0.29, 0.717) is 13.2 Å². The van der Waals surface area contributed by atoms with Crippen LogP contribution in [0.4, 0.5) is 4.39 Å². The van der Waals surface area contributed by atoms with E-state index in [1.54, 1.807) is 12.1 Å². The minimum Gasteiger partial charge on any atom is -0.346 e. The van der Waals surface area contributed by atoms with Crippen molar-refractivity contribution in [2.75, 3.05) is 13.2 Å². The highest BCUT2D eigenvalue weighted by Crippen LogP contribution is 2.26. The monoisotopic (exact) mass is 244 g/mol. The molecule has 0 amide bonds. The molecule has 0 atom stereocenters. The molecule has 92 valence electrons. The van der Waals surface area contributed by atoms with Crippen LogP contribution < -0.4 is 0 Å². The third-order valence-corrected chi connectivity index (χ3v) is 2.98. The molecule has 0 aromatic heterocycles. The first-order chi connectivity index (χ1) is 8.83. The van der Waals surface area contributed by atoms with Crippen molar-refractivity contribution in [2.24, 2.45) is 0 Å². The van der Waals surface area contributed by atoms with Crippen molar-refractivity contribution < 1.29 is 13.9 Å². The summed E-state index contributed by atoms with van der Waals surface area (Å²) in [5, 5.41) is 0. The average molecular weight is 244 g/mol. The van der Waals surface area contributed by atoms with Gasteiger partial charge in [-0.25, -0.2) is 4.39 Å². The van der Waals surface area contributed by atoms with Gasteiger partial charge < -0.3 is 9.47 Å². The molecular weight excluding hydrogens is 231 g/mol. The van der Waals surface area contributed by atoms with Gasteiger partial charge in [0, 0.05) is 5.56 Å². The first kappa shape index (κ1) is 11.4. The molecule has 1 heterocycles. The highest BCUT2D eigenvalue weighted by molar-refractivity contribution is 5.63. The van der Waals surface area contributed by atoms with Crippen molar-refractivity contribution in [3.63, 3.8) is 0 Å². The molecule has 3 rings (SSSR count). The van der Waals surface area contributed by atoms with Gasteiger partial charge in [-0.15, -0.1) is 0 Å². The molecule has 1 fully saturated rings. The topological polar surface area (TPSA) is 18.5 Å². The Kier molecular flexibility index (Phi) is 3.09. The van der Waals surface area contributed by atoms with Gasteiger partial charge in [0.15, 0.2) is 6.29 Å². The van der Waals surface area contributed by atoms with Crippen LogP contribution in [-0.2, 0) is 9.47 Å². The van der Waals surface area contributed by atoms with Crippen molar-refractivity contribution in [1.82, 2.24) is 0 Å². The molecule has 1 saturated heterocycles. The molecule has 3 heteroatoms. The van der Waals surface area contributed by atoms with Crippen LogP contribution in [0.1, 0.15) is 11.9 Å². The maximum atomic E-state index is 12.8. The second kappa shape index (κ2) is 4.88. The Bertz CT molecular complexity index is 513. The molecule has 1 aliphatic rings. The second-order valence-corrected chi connectivity index (χ2v) is 4.20. The van der Waals surface area contributed by atoms with Crippen LogP contribution in [0.3, 0.4) is 0 Å². The molecular formula is C15H13FO2. The fourth-order valence-electron chi connectivity index (χ4n) is 2.03. The molecule has 0 bridgehead atoms. The van der Waals surface area contributed by atoms with Gasteiger partial charge in [-0.3, -0.25) is 0 Å². The van der Waals surface area contributed by atoms with E-state index in [-0.39, 0.29) is 12.1 Å². The Morgan fingerprint density at radius 2 is 1.28 bits per heavy atom. The fraction of sp³-hybridized carbons (Fsp3) is 0.200. The maximum Gasteiger partial charge on any atom is 0.184 e. The quantitative estimate of drug-likeness (QED) is 0.804. The van der Waals surface area contributed by atoms with E-state index >= 15 is 0 Å². The van der Waals surface area contributed by atoms with Crippen LogP contribution in [0.2, 0.25) is 0 Å². The number of benzene rings is 2. The summed E-state index contributed by atoms with van der Waals surface area (Å²) in [7, 11) is 0. The Balaban J connectivity index is 1.84. The largest absolute Gasteiger partial charge is 0.346 e. The minimum absolute atomic E-state index is 0.219. The van der Waals surface area contributed by atoms with E-state index in [0.717, 1.165) is 16.7 Å². The molecule has 0 unspecified atom stereocenters. The summed E-state index contributed by atoms with van der Waals surface area (Å²) in [6, 6.07) is 14.4. The van der Waals surface area contributed by atoms with E-state index in [1.165, 1.54) is 12.1 Å². The average Bonchev–Trinajstić information content (AvgIpc) is 2.94. The van der Waals surface area contributed by atoms with Crippen LogP contribution in [0, 0.1) is 5.82 Å². The SMILES string of the molecule is Fc1ccc(-c2ccc(C3OCCO3)cc2)cc1. The molecule has 2 aromatic rings. The predicted molar refractivity (Wildman–Crippen MR) is 66.5 cm³/mol. The maximum absolute atomic E-state index is 12.8. The summed E-state index contributed by atoms with van der Waals surface area (Å²) in [6.45, 7) is 1.29. The van der Waals surface area contributed by atoms with Crippen molar-refractivity contribution in [1.29, 1.82) is 0 Å². The molecule has 1 aliphatic heterocycles. The van der Waals surface area contributed by atoms with E-state index in [9.17, 15) is 4.39 Å². The lowest BCUT2D eigenvalue weighted by molar-refractivity contribution is -0.0441. The van der Waals surface area contributed by atoms with Crippen LogP contribution in [0.5, 0.6) is 0 Å². The van der Waals surface area contributed by atoms with Gasteiger partial charge in [-0.05, 0) is 23.3 Å². The lowest BCUT2D eigenvalue weighted by Gasteiger charge is -2.10. The van der Waals surface area contributed by atoms with Crippen molar-refractivity contribution in [2.45, 2.75) is 6.29 Å². The summed E-state index contributed by atoms with van der Waals surface area (Å²) < 4.78 is 23.7. The van der Waals surface area contributed by atoms with Crippen LogP contribution in [0.15, 0.2) is 48.5 Å². The molecule has 0 spiro atoms. The highest BCUT2D eigenvalue weighted by Gasteiger charge is 2.17. The van der Waals surface area contributed by atoms with E-state index in [2.05, 4.69) is 0 Å². The molecule has 0 aliphatic carbocycles.